The van der Waals surface area contributed by atoms with Gasteiger partial charge in [0, 0.05) is 6.20 Å². The standard InChI is InChI=1S/C18H16FN3O3S/c1-13-10-20-22(12-13)14-7-8-17(19)16(9-14)18(23)11-21-26(24,25)15-5-3-2-4-6-15/h2-10,12,21H,11H2,1H3. The second-order valence-electron chi connectivity index (χ2n) is 5.69. The van der Waals surface area contributed by atoms with Gasteiger partial charge in [-0.25, -0.2) is 22.2 Å². The van der Waals surface area contributed by atoms with Gasteiger partial charge in [0.1, 0.15) is 5.82 Å². The zero-order chi connectivity index (χ0) is 18.7. The molecule has 0 aliphatic carbocycles. The van der Waals surface area contributed by atoms with Gasteiger partial charge in [-0.1, -0.05) is 18.2 Å². The molecule has 0 bridgehead atoms. The number of carbonyl (C=O) groups is 1. The van der Waals surface area contributed by atoms with Gasteiger partial charge in [0.15, 0.2) is 5.78 Å². The first-order chi connectivity index (χ1) is 12.4. The highest BCUT2D eigenvalue weighted by molar-refractivity contribution is 7.89. The van der Waals surface area contributed by atoms with Crippen LogP contribution in [0.1, 0.15) is 15.9 Å². The van der Waals surface area contributed by atoms with E-state index in [1.54, 1.807) is 30.6 Å². The summed E-state index contributed by atoms with van der Waals surface area (Å²) in [5, 5.41) is 4.11. The summed E-state index contributed by atoms with van der Waals surface area (Å²) in [4.78, 5) is 12.4. The van der Waals surface area contributed by atoms with Crippen LogP contribution >= 0.6 is 0 Å². The summed E-state index contributed by atoms with van der Waals surface area (Å²) in [7, 11) is -3.85. The fourth-order valence-corrected chi connectivity index (χ4v) is 3.37. The molecule has 26 heavy (non-hydrogen) atoms. The molecule has 134 valence electrons. The van der Waals surface area contributed by atoms with Crippen LogP contribution in [0.3, 0.4) is 0 Å². The van der Waals surface area contributed by atoms with Crippen molar-refractivity contribution in [3.8, 4) is 5.69 Å². The molecule has 8 heteroatoms. The minimum absolute atomic E-state index is 0.0361. The zero-order valence-electron chi connectivity index (χ0n) is 13.9. The number of hydrogen-bond acceptors (Lipinski definition) is 4. The number of rotatable bonds is 6. The van der Waals surface area contributed by atoms with Gasteiger partial charge in [-0.2, -0.15) is 5.10 Å². The molecule has 1 heterocycles. The van der Waals surface area contributed by atoms with E-state index in [0.717, 1.165) is 11.6 Å². The molecule has 2 aromatic carbocycles. The monoisotopic (exact) mass is 373 g/mol. The van der Waals surface area contributed by atoms with Crippen molar-refractivity contribution in [1.29, 1.82) is 0 Å². The molecular formula is C18H16FN3O3S. The van der Waals surface area contributed by atoms with Crippen LogP contribution in [0, 0.1) is 12.7 Å². The van der Waals surface area contributed by atoms with Crippen molar-refractivity contribution < 1.29 is 17.6 Å². The molecule has 0 atom stereocenters. The lowest BCUT2D eigenvalue weighted by Crippen LogP contribution is -2.30. The number of carbonyl (C=O) groups excluding carboxylic acids is 1. The highest BCUT2D eigenvalue weighted by Gasteiger charge is 2.18. The van der Waals surface area contributed by atoms with Gasteiger partial charge >= 0.3 is 0 Å². The number of benzene rings is 2. The normalized spacial score (nSPS) is 11.5. The molecular weight excluding hydrogens is 357 g/mol. The second kappa shape index (κ2) is 7.19. The summed E-state index contributed by atoms with van der Waals surface area (Å²) >= 11 is 0. The van der Waals surface area contributed by atoms with Gasteiger partial charge in [0.2, 0.25) is 10.0 Å². The van der Waals surface area contributed by atoms with E-state index in [9.17, 15) is 17.6 Å². The first-order valence-corrected chi connectivity index (χ1v) is 9.24. The fraction of sp³-hybridized carbons (Fsp3) is 0.111. The minimum atomic E-state index is -3.85. The van der Waals surface area contributed by atoms with Gasteiger partial charge in [0.05, 0.1) is 28.9 Å². The molecule has 0 fully saturated rings. The molecule has 0 saturated carbocycles. The van der Waals surface area contributed by atoms with Gasteiger partial charge < -0.3 is 0 Å². The molecule has 0 aliphatic heterocycles. The van der Waals surface area contributed by atoms with Gasteiger partial charge in [-0.05, 0) is 42.8 Å². The van der Waals surface area contributed by atoms with Crippen LogP contribution in [-0.4, -0.2) is 30.5 Å². The van der Waals surface area contributed by atoms with Crippen molar-refractivity contribution in [2.75, 3.05) is 6.54 Å². The van der Waals surface area contributed by atoms with E-state index in [0.29, 0.717) is 5.69 Å². The third-order valence-corrected chi connectivity index (χ3v) is 5.12. The lowest BCUT2D eigenvalue weighted by molar-refractivity contribution is 0.0993. The number of sulfonamides is 1. The van der Waals surface area contributed by atoms with Crippen molar-refractivity contribution in [3.05, 3.63) is 77.9 Å². The zero-order valence-corrected chi connectivity index (χ0v) is 14.7. The Morgan fingerprint density at radius 3 is 2.58 bits per heavy atom. The maximum absolute atomic E-state index is 14.1. The number of ketones is 1. The van der Waals surface area contributed by atoms with E-state index in [4.69, 9.17) is 0 Å². The maximum atomic E-state index is 14.1. The molecule has 0 aliphatic rings. The number of nitrogens with one attached hydrogen (secondary N) is 1. The molecule has 0 saturated heterocycles. The maximum Gasteiger partial charge on any atom is 0.240 e. The number of aromatic nitrogens is 2. The highest BCUT2D eigenvalue weighted by atomic mass is 32.2. The van der Waals surface area contributed by atoms with Crippen molar-refractivity contribution in [3.63, 3.8) is 0 Å². The van der Waals surface area contributed by atoms with Crippen molar-refractivity contribution in [1.82, 2.24) is 14.5 Å². The Balaban J connectivity index is 1.80. The first kappa shape index (κ1) is 18.0. The summed E-state index contributed by atoms with van der Waals surface area (Å²) in [6, 6.07) is 11.7. The fourth-order valence-electron chi connectivity index (χ4n) is 2.36. The smallest absolute Gasteiger partial charge is 0.240 e. The van der Waals surface area contributed by atoms with E-state index in [2.05, 4.69) is 9.82 Å². The number of Topliss-reactive ketones (excluding diaryl/α,β-unsaturated/α-hetero) is 1. The second-order valence-corrected chi connectivity index (χ2v) is 7.45. The molecule has 3 aromatic rings. The number of aryl methyl sites for hydroxylation is 1. The molecule has 3 rings (SSSR count). The van der Waals surface area contributed by atoms with Crippen LogP contribution in [-0.2, 0) is 10.0 Å². The average molecular weight is 373 g/mol. The van der Waals surface area contributed by atoms with Crippen LogP contribution in [0.15, 0.2) is 65.8 Å². The summed E-state index contributed by atoms with van der Waals surface area (Å²) in [6.45, 7) is 1.31. The lowest BCUT2D eigenvalue weighted by atomic mass is 10.1. The van der Waals surface area contributed by atoms with E-state index >= 15 is 0 Å². The van der Waals surface area contributed by atoms with Gasteiger partial charge in [-0.15, -0.1) is 0 Å². The van der Waals surface area contributed by atoms with Gasteiger partial charge in [-0.3, -0.25) is 4.79 Å². The van der Waals surface area contributed by atoms with Crippen molar-refractivity contribution in [2.24, 2.45) is 0 Å². The summed E-state index contributed by atoms with van der Waals surface area (Å²) in [6.07, 6.45) is 3.37. The number of nitrogens with zero attached hydrogens (tertiary/aromatic N) is 2. The topological polar surface area (TPSA) is 81.1 Å². The van der Waals surface area contributed by atoms with E-state index in [1.807, 2.05) is 6.92 Å². The Kier molecular flexibility index (Phi) is 4.97. The summed E-state index contributed by atoms with van der Waals surface area (Å²) in [5.74, 6) is -1.39. The Hall–Kier alpha value is -2.84. The number of hydrogen-bond donors (Lipinski definition) is 1. The summed E-state index contributed by atoms with van der Waals surface area (Å²) in [5.41, 5.74) is 1.22. The largest absolute Gasteiger partial charge is 0.293 e. The summed E-state index contributed by atoms with van der Waals surface area (Å²) < 4.78 is 42.1. The molecule has 1 N–H and O–H groups in total. The predicted octanol–water partition coefficient (Wildman–Crippen LogP) is 2.48. The quantitative estimate of drug-likeness (QED) is 0.673. The van der Waals surface area contributed by atoms with E-state index in [-0.39, 0.29) is 10.5 Å². The Bertz CT molecular complexity index is 1050. The average Bonchev–Trinajstić information content (AvgIpc) is 3.07. The number of halogens is 1. The van der Waals surface area contributed by atoms with E-state index < -0.39 is 28.2 Å². The Labute approximate surface area is 150 Å². The lowest BCUT2D eigenvalue weighted by Gasteiger charge is -2.08. The third kappa shape index (κ3) is 3.87. The first-order valence-electron chi connectivity index (χ1n) is 7.76. The highest BCUT2D eigenvalue weighted by Crippen LogP contribution is 2.15. The van der Waals surface area contributed by atoms with Crippen molar-refractivity contribution in [2.45, 2.75) is 11.8 Å². The van der Waals surface area contributed by atoms with Crippen LogP contribution in [0.4, 0.5) is 4.39 Å². The van der Waals surface area contributed by atoms with Crippen LogP contribution in [0.2, 0.25) is 0 Å². The van der Waals surface area contributed by atoms with Crippen LogP contribution in [0.5, 0.6) is 0 Å². The Morgan fingerprint density at radius 2 is 1.92 bits per heavy atom. The molecule has 1 aromatic heterocycles. The van der Waals surface area contributed by atoms with E-state index in [1.165, 1.54) is 28.9 Å². The molecule has 0 radical (unpaired) electrons. The van der Waals surface area contributed by atoms with Crippen LogP contribution in [0.25, 0.3) is 5.69 Å². The van der Waals surface area contributed by atoms with Gasteiger partial charge in [0.25, 0.3) is 0 Å². The van der Waals surface area contributed by atoms with Crippen LogP contribution < -0.4 is 4.72 Å². The minimum Gasteiger partial charge on any atom is -0.293 e. The SMILES string of the molecule is Cc1cnn(-c2ccc(F)c(C(=O)CNS(=O)(=O)c3ccccc3)c2)c1. The predicted molar refractivity (Wildman–Crippen MR) is 94.2 cm³/mol. The third-order valence-electron chi connectivity index (χ3n) is 3.70. The van der Waals surface area contributed by atoms with Crippen molar-refractivity contribution >= 4 is 15.8 Å². The molecule has 0 spiro atoms. The molecule has 6 nitrogen and oxygen atoms in total. The Morgan fingerprint density at radius 1 is 1.19 bits per heavy atom. The molecule has 0 unspecified atom stereocenters. The molecule has 0 amide bonds.